The first-order valence-electron chi connectivity index (χ1n) is 6.26. The Labute approximate surface area is 108 Å². The average Bonchev–Trinajstić information content (AvgIpc) is 2.39. The maximum Gasteiger partial charge on any atom is 0.125 e. The lowest BCUT2D eigenvalue weighted by atomic mass is 10.0. The number of anilines is 2. The number of nitrogens with two attached hydrogens (primary N) is 1. The van der Waals surface area contributed by atoms with E-state index in [4.69, 9.17) is 5.73 Å². The van der Waals surface area contributed by atoms with Gasteiger partial charge in [-0.2, -0.15) is 0 Å². The molecule has 0 amide bonds. The maximum absolute atomic E-state index is 5.66. The highest BCUT2D eigenvalue weighted by atomic mass is 14.9. The van der Waals surface area contributed by atoms with Crippen molar-refractivity contribution in [2.45, 2.75) is 26.3 Å². The molecule has 0 aliphatic rings. The molecule has 18 heavy (non-hydrogen) atoms. The van der Waals surface area contributed by atoms with Gasteiger partial charge in [-0.15, -0.1) is 0 Å². The largest absolute Gasteiger partial charge is 0.384 e. The molecule has 0 radical (unpaired) electrons. The molecule has 1 aromatic heterocycles. The van der Waals surface area contributed by atoms with E-state index in [1.54, 1.807) is 6.20 Å². The molecule has 0 aliphatic heterocycles. The second-order valence-electron chi connectivity index (χ2n) is 4.43. The van der Waals surface area contributed by atoms with Crippen LogP contribution in [0.2, 0.25) is 0 Å². The highest BCUT2D eigenvalue weighted by Gasteiger charge is 2.05. The summed E-state index contributed by atoms with van der Waals surface area (Å²) in [6.45, 7) is 4.30. The van der Waals surface area contributed by atoms with Gasteiger partial charge >= 0.3 is 0 Å². The van der Waals surface area contributed by atoms with Gasteiger partial charge in [0.2, 0.25) is 0 Å². The molecule has 1 heterocycles. The minimum Gasteiger partial charge on any atom is -0.384 e. The van der Waals surface area contributed by atoms with Crippen molar-refractivity contribution in [3.05, 3.63) is 53.7 Å². The number of nitrogens with one attached hydrogen (secondary N) is 1. The van der Waals surface area contributed by atoms with Crippen molar-refractivity contribution in [3.63, 3.8) is 0 Å². The summed E-state index contributed by atoms with van der Waals surface area (Å²) in [5, 5.41) is 3.42. The van der Waals surface area contributed by atoms with Crippen LogP contribution in [-0.2, 0) is 6.42 Å². The second kappa shape index (κ2) is 5.54. The lowest BCUT2D eigenvalue weighted by Gasteiger charge is -2.16. The normalized spacial score (nSPS) is 12.1. The fourth-order valence-electron chi connectivity index (χ4n) is 1.91. The topological polar surface area (TPSA) is 50.9 Å². The smallest absolute Gasteiger partial charge is 0.125 e. The van der Waals surface area contributed by atoms with E-state index in [0.29, 0.717) is 5.82 Å². The molecule has 0 bridgehead atoms. The summed E-state index contributed by atoms with van der Waals surface area (Å²) in [6.07, 6.45) is 2.79. The number of hydrogen-bond donors (Lipinski definition) is 2. The Hall–Kier alpha value is -2.03. The van der Waals surface area contributed by atoms with Crippen LogP contribution >= 0.6 is 0 Å². The summed E-state index contributed by atoms with van der Waals surface area (Å²) in [5.74, 6) is 0.536. The highest BCUT2D eigenvalue weighted by Crippen LogP contribution is 2.20. The molecule has 0 fully saturated rings. The minimum absolute atomic E-state index is 0.248. The fourth-order valence-corrected chi connectivity index (χ4v) is 1.91. The second-order valence-corrected chi connectivity index (χ2v) is 4.43. The van der Waals surface area contributed by atoms with Crippen molar-refractivity contribution in [2.75, 3.05) is 11.1 Å². The van der Waals surface area contributed by atoms with Gasteiger partial charge in [-0.1, -0.05) is 31.2 Å². The number of benzene rings is 1. The quantitative estimate of drug-likeness (QED) is 0.862. The molecular weight excluding hydrogens is 222 g/mol. The van der Waals surface area contributed by atoms with Gasteiger partial charge in [0.1, 0.15) is 5.82 Å². The van der Waals surface area contributed by atoms with E-state index in [0.717, 1.165) is 12.1 Å². The molecule has 1 atom stereocenters. The lowest BCUT2D eigenvalue weighted by Crippen LogP contribution is -2.07. The zero-order valence-electron chi connectivity index (χ0n) is 10.9. The monoisotopic (exact) mass is 241 g/mol. The van der Waals surface area contributed by atoms with E-state index < -0.39 is 0 Å². The fraction of sp³-hybridized carbons (Fsp3) is 0.267. The standard InChI is InChI=1S/C15H19N3/c1-3-12-4-6-13(7-5-12)11(2)18-14-8-9-17-15(16)10-14/h4-11H,3H2,1-2H3,(H3,16,17,18). The molecule has 2 aromatic rings. The van der Waals surface area contributed by atoms with Crippen LogP contribution in [0.1, 0.15) is 31.0 Å². The lowest BCUT2D eigenvalue weighted by molar-refractivity contribution is 0.882. The van der Waals surface area contributed by atoms with Gasteiger partial charge < -0.3 is 11.1 Å². The first-order valence-corrected chi connectivity index (χ1v) is 6.26. The Bertz CT molecular complexity index is 505. The van der Waals surface area contributed by atoms with Crippen molar-refractivity contribution < 1.29 is 0 Å². The van der Waals surface area contributed by atoms with Crippen molar-refractivity contribution in [1.29, 1.82) is 0 Å². The molecule has 0 spiro atoms. The Kier molecular flexibility index (Phi) is 3.82. The Morgan fingerprint density at radius 1 is 1.22 bits per heavy atom. The summed E-state index contributed by atoms with van der Waals surface area (Å²) in [7, 11) is 0. The molecule has 0 aliphatic carbocycles. The van der Waals surface area contributed by atoms with Crippen molar-refractivity contribution in [2.24, 2.45) is 0 Å². The van der Waals surface area contributed by atoms with E-state index in [1.807, 2.05) is 12.1 Å². The molecule has 1 aromatic carbocycles. The third kappa shape index (κ3) is 3.00. The van der Waals surface area contributed by atoms with Crippen molar-refractivity contribution in [1.82, 2.24) is 4.98 Å². The van der Waals surface area contributed by atoms with Crippen LogP contribution in [0.3, 0.4) is 0 Å². The van der Waals surface area contributed by atoms with E-state index >= 15 is 0 Å². The van der Waals surface area contributed by atoms with E-state index in [9.17, 15) is 0 Å². The molecule has 0 saturated heterocycles. The SMILES string of the molecule is CCc1ccc(C(C)Nc2ccnc(N)c2)cc1. The first-order chi connectivity index (χ1) is 8.69. The van der Waals surface area contributed by atoms with Gasteiger partial charge in [-0.05, 0) is 30.5 Å². The minimum atomic E-state index is 0.248. The number of aromatic nitrogens is 1. The van der Waals surface area contributed by atoms with E-state index in [2.05, 4.69) is 48.4 Å². The Morgan fingerprint density at radius 2 is 1.94 bits per heavy atom. The molecule has 0 saturated carbocycles. The van der Waals surface area contributed by atoms with Crippen LogP contribution < -0.4 is 11.1 Å². The highest BCUT2D eigenvalue weighted by molar-refractivity contribution is 5.51. The Morgan fingerprint density at radius 3 is 2.56 bits per heavy atom. The number of aryl methyl sites for hydroxylation is 1. The Balaban J connectivity index is 2.09. The van der Waals surface area contributed by atoms with Crippen LogP contribution in [-0.4, -0.2) is 4.98 Å². The summed E-state index contributed by atoms with van der Waals surface area (Å²) in [4.78, 5) is 3.98. The van der Waals surface area contributed by atoms with Crippen LogP contribution in [0.4, 0.5) is 11.5 Å². The van der Waals surface area contributed by atoms with E-state index in [-0.39, 0.29) is 6.04 Å². The number of hydrogen-bond acceptors (Lipinski definition) is 3. The molecule has 1 unspecified atom stereocenters. The van der Waals surface area contributed by atoms with Crippen LogP contribution in [0.15, 0.2) is 42.6 Å². The van der Waals surface area contributed by atoms with Gasteiger partial charge in [0, 0.05) is 24.0 Å². The molecular formula is C15H19N3. The van der Waals surface area contributed by atoms with E-state index in [1.165, 1.54) is 11.1 Å². The maximum atomic E-state index is 5.66. The summed E-state index contributed by atoms with van der Waals surface area (Å²) in [6, 6.07) is 12.7. The predicted octanol–water partition coefficient (Wildman–Crippen LogP) is 3.40. The zero-order valence-corrected chi connectivity index (χ0v) is 10.9. The van der Waals surface area contributed by atoms with Gasteiger partial charge in [0.15, 0.2) is 0 Å². The average molecular weight is 241 g/mol. The van der Waals surface area contributed by atoms with Gasteiger partial charge in [0.25, 0.3) is 0 Å². The summed E-state index contributed by atoms with van der Waals surface area (Å²) < 4.78 is 0. The van der Waals surface area contributed by atoms with Crippen LogP contribution in [0.25, 0.3) is 0 Å². The number of rotatable bonds is 4. The number of nitrogen functional groups attached to an aromatic ring is 1. The van der Waals surface area contributed by atoms with Crippen molar-refractivity contribution >= 4 is 11.5 Å². The molecule has 3 N–H and O–H groups in total. The third-order valence-electron chi connectivity index (χ3n) is 3.05. The molecule has 94 valence electrons. The summed E-state index contributed by atoms with van der Waals surface area (Å²) in [5.41, 5.74) is 9.28. The van der Waals surface area contributed by atoms with Gasteiger partial charge in [-0.25, -0.2) is 4.98 Å². The molecule has 3 heteroatoms. The number of pyridine rings is 1. The molecule has 2 rings (SSSR count). The third-order valence-corrected chi connectivity index (χ3v) is 3.05. The first kappa shape index (κ1) is 12.4. The predicted molar refractivity (Wildman–Crippen MR) is 76.5 cm³/mol. The zero-order chi connectivity index (χ0) is 13.0. The van der Waals surface area contributed by atoms with Crippen LogP contribution in [0.5, 0.6) is 0 Å². The van der Waals surface area contributed by atoms with Crippen LogP contribution in [0, 0.1) is 0 Å². The summed E-state index contributed by atoms with van der Waals surface area (Å²) >= 11 is 0. The van der Waals surface area contributed by atoms with Crippen molar-refractivity contribution in [3.8, 4) is 0 Å². The number of nitrogens with zero attached hydrogens (tertiary/aromatic N) is 1. The van der Waals surface area contributed by atoms with Gasteiger partial charge in [0.05, 0.1) is 0 Å². The van der Waals surface area contributed by atoms with Gasteiger partial charge in [-0.3, -0.25) is 0 Å². The molecule has 3 nitrogen and oxygen atoms in total.